The lowest BCUT2D eigenvalue weighted by molar-refractivity contribution is 0.0928. The van der Waals surface area contributed by atoms with Gasteiger partial charge in [-0.15, -0.1) is 0 Å². The fourth-order valence-corrected chi connectivity index (χ4v) is 6.22. The Balaban J connectivity index is 1.14. The van der Waals surface area contributed by atoms with Crippen LogP contribution in [0.5, 0.6) is 5.75 Å². The Labute approximate surface area is 259 Å². The summed E-state index contributed by atoms with van der Waals surface area (Å²) in [6.45, 7) is 14.0. The molecule has 1 aromatic carbocycles. The summed E-state index contributed by atoms with van der Waals surface area (Å²) in [5.74, 6) is 1.33. The number of fused-ring (bicyclic) bond motifs is 2. The molecule has 0 unspecified atom stereocenters. The van der Waals surface area contributed by atoms with Gasteiger partial charge in [0.1, 0.15) is 23.7 Å². The van der Waals surface area contributed by atoms with Crippen LogP contribution < -0.4 is 4.74 Å². The fourth-order valence-electron chi connectivity index (χ4n) is 6.22. The second kappa shape index (κ2) is 12.9. The summed E-state index contributed by atoms with van der Waals surface area (Å²) in [6, 6.07) is 16.7. The van der Waals surface area contributed by atoms with Gasteiger partial charge >= 0.3 is 0 Å². The molecule has 0 saturated carbocycles. The van der Waals surface area contributed by atoms with Crippen molar-refractivity contribution in [1.82, 2.24) is 33.9 Å². The molecule has 5 heterocycles. The van der Waals surface area contributed by atoms with Crippen molar-refractivity contribution in [3.05, 3.63) is 89.3 Å². The van der Waals surface area contributed by atoms with E-state index < -0.39 is 0 Å². The highest BCUT2D eigenvalue weighted by Gasteiger charge is 2.21. The summed E-state index contributed by atoms with van der Waals surface area (Å²) in [6.07, 6.45) is 4.76. The molecule has 0 amide bonds. The summed E-state index contributed by atoms with van der Waals surface area (Å²) in [7, 11) is 2.18. The van der Waals surface area contributed by atoms with Crippen molar-refractivity contribution in [2.75, 3.05) is 39.8 Å². The number of ether oxygens (including phenoxy) is 1. The van der Waals surface area contributed by atoms with Crippen LogP contribution in [-0.2, 0) is 19.4 Å². The zero-order valence-electron chi connectivity index (χ0n) is 26.5. The van der Waals surface area contributed by atoms with Gasteiger partial charge in [0, 0.05) is 62.0 Å². The Morgan fingerprint density at radius 3 is 2.73 bits per heavy atom. The van der Waals surface area contributed by atoms with Crippen molar-refractivity contribution >= 4 is 22.3 Å². The first-order valence-electron chi connectivity index (χ1n) is 15.7. The number of imidazole rings is 1. The first-order valence-corrected chi connectivity index (χ1v) is 15.7. The van der Waals surface area contributed by atoms with Crippen LogP contribution in [0.1, 0.15) is 53.9 Å². The van der Waals surface area contributed by atoms with Gasteiger partial charge in [0.15, 0.2) is 5.78 Å². The number of hydrogen-bond acceptors (Lipinski definition) is 7. The van der Waals surface area contributed by atoms with E-state index in [2.05, 4.69) is 66.9 Å². The van der Waals surface area contributed by atoms with E-state index in [4.69, 9.17) is 14.8 Å². The molecule has 1 atom stereocenters. The SMILES string of the molecule is Cc1nn(Cc2cccc(CC(C)C)n2)c2cccc(CC(=O)c3cnc4cc(OCCN5CCN(C)[C@@H](C)C5)ccn34)c12. The maximum Gasteiger partial charge on any atom is 0.185 e. The molecule has 0 N–H and O–H groups in total. The van der Waals surface area contributed by atoms with Gasteiger partial charge in [0.2, 0.25) is 0 Å². The second-order valence-corrected chi connectivity index (χ2v) is 12.6. The second-order valence-electron chi connectivity index (χ2n) is 12.6. The largest absolute Gasteiger partial charge is 0.492 e. The predicted octanol–water partition coefficient (Wildman–Crippen LogP) is 5.07. The number of ketones is 1. The first kappa shape index (κ1) is 30.0. The average molecular weight is 594 g/mol. The molecule has 230 valence electrons. The minimum atomic E-state index is 0.0121. The third-order valence-electron chi connectivity index (χ3n) is 8.67. The highest BCUT2D eigenvalue weighted by molar-refractivity contribution is 5.99. The summed E-state index contributed by atoms with van der Waals surface area (Å²) < 4.78 is 9.92. The Kier molecular flexibility index (Phi) is 8.77. The topological polar surface area (TPSA) is 80.8 Å². The van der Waals surface area contributed by atoms with E-state index in [0.717, 1.165) is 71.9 Å². The molecule has 9 nitrogen and oxygen atoms in total. The highest BCUT2D eigenvalue weighted by atomic mass is 16.5. The summed E-state index contributed by atoms with van der Waals surface area (Å²) >= 11 is 0. The van der Waals surface area contributed by atoms with E-state index >= 15 is 0 Å². The van der Waals surface area contributed by atoms with Gasteiger partial charge in [-0.25, -0.2) is 4.98 Å². The Morgan fingerprint density at radius 2 is 1.91 bits per heavy atom. The average Bonchev–Trinajstić information content (AvgIpc) is 3.56. The minimum absolute atomic E-state index is 0.0121. The molecule has 0 bridgehead atoms. The predicted molar refractivity (Wildman–Crippen MR) is 174 cm³/mol. The molecule has 0 radical (unpaired) electrons. The van der Waals surface area contributed by atoms with Crippen LogP contribution in [0.3, 0.4) is 0 Å². The molecule has 1 aliphatic rings. The number of Topliss-reactive ketones (excluding diaryl/α,β-unsaturated/α-hetero) is 1. The van der Waals surface area contributed by atoms with E-state index in [-0.39, 0.29) is 12.2 Å². The molecule has 1 saturated heterocycles. The van der Waals surface area contributed by atoms with Crippen LogP contribution in [0, 0.1) is 12.8 Å². The molecule has 9 heteroatoms. The number of aromatic nitrogens is 5. The van der Waals surface area contributed by atoms with Crippen molar-refractivity contribution in [3.8, 4) is 5.75 Å². The molecule has 44 heavy (non-hydrogen) atoms. The maximum atomic E-state index is 13.6. The van der Waals surface area contributed by atoms with Gasteiger partial charge in [0.25, 0.3) is 0 Å². The Hall–Kier alpha value is -4.08. The van der Waals surface area contributed by atoms with Crippen LogP contribution in [0.2, 0.25) is 0 Å². The van der Waals surface area contributed by atoms with Gasteiger partial charge in [-0.3, -0.25) is 23.8 Å². The van der Waals surface area contributed by atoms with Crippen LogP contribution >= 0.6 is 0 Å². The molecule has 6 rings (SSSR count). The third kappa shape index (κ3) is 6.54. The maximum absolute atomic E-state index is 13.6. The van der Waals surface area contributed by atoms with Crippen molar-refractivity contribution in [2.45, 2.75) is 53.1 Å². The lowest BCUT2D eigenvalue weighted by atomic mass is 10.0. The minimum Gasteiger partial charge on any atom is -0.492 e. The van der Waals surface area contributed by atoms with Gasteiger partial charge in [-0.05, 0) is 63.1 Å². The summed E-state index contributed by atoms with van der Waals surface area (Å²) in [5.41, 5.74) is 6.23. The molecular formula is C35H43N7O2. The molecule has 1 fully saturated rings. The van der Waals surface area contributed by atoms with Gasteiger partial charge in [0.05, 0.1) is 29.6 Å². The molecule has 0 aliphatic carbocycles. The van der Waals surface area contributed by atoms with E-state index in [1.807, 2.05) is 46.5 Å². The van der Waals surface area contributed by atoms with Gasteiger partial charge < -0.3 is 9.64 Å². The fraction of sp³-hybridized carbons (Fsp3) is 0.429. The van der Waals surface area contributed by atoms with E-state index in [0.29, 0.717) is 36.5 Å². The lowest BCUT2D eigenvalue weighted by Crippen LogP contribution is -2.50. The summed E-state index contributed by atoms with van der Waals surface area (Å²) in [4.78, 5) is 27.9. The number of piperazine rings is 1. The number of benzene rings is 1. The monoisotopic (exact) mass is 593 g/mol. The normalized spacial score (nSPS) is 16.4. The number of likely N-dealkylation sites (N-methyl/N-ethyl adjacent to an activating group) is 1. The van der Waals surface area contributed by atoms with Gasteiger partial charge in [-0.2, -0.15) is 5.10 Å². The Bertz CT molecular complexity index is 1770. The van der Waals surface area contributed by atoms with Gasteiger partial charge in [-0.1, -0.05) is 32.0 Å². The zero-order chi connectivity index (χ0) is 30.8. The van der Waals surface area contributed by atoms with Crippen molar-refractivity contribution in [1.29, 1.82) is 0 Å². The number of aryl methyl sites for hydroxylation is 1. The number of nitrogens with zero attached hydrogens (tertiary/aromatic N) is 7. The van der Waals surface area contributed by atoms with Crippen LogP contribution in [-0.4, -0.2) is 85.6 Å². The zero-order valence-corrected chi connectivity index (χ0v) is 26.5. The number of pyridine rings is 2. The molecular weight excluding hydrogens is 550 g/mol. The number of carbonyl (C=O) groups is 1. The van der Waals surface area contributed by atoms with Crippen molar-refractivity contribution in [2.24, 2.45) is 5.92 Å². The number of hydrogen-bond donors (Lipinski definition) is 0. The number of carbonyl (C=O) groups excluding carboxylic acids is 1. The van der Waals surface area contributed by atoms with Crippen molar-refractivity contribution < 1.29 is 9.53 Å². The van der Waals surface area contributed by atoms with E-state index in [9.17, 15) is 4.79 Å². The lowest BCUT2D eigenvalue weighted by Gasteiger charge is -2.37. The van der Waals surface area contributed by atoms with E-state index in [1.54, 1.807) is 6.20 Å². The molecule has 4 aromatic heterocycles. The molecule has 5 aromatic rings. The highest BCUT2D eigenvalue weighted by Crippen LogP contribution is 2.25. The number of rotatable bonds is 11. The van der Waals surface area contributed by atoms with Crippen LogP contribution in [0.25, 0.3) is 16.6 Å². The Morgan fingerprint density at radius 1 is 1.09 bits per heavy atom. The van der Waals surface area contributed by atoms with Crippen LogP contribution in [0.4, 0.5) is 0 Å². The third-order valence-corrected chi connectivity index (χ3v) is 8.67. The standard InChI is InChI=1S/C35H43N7O2/c1-24(2)18-28-9-7-10-29(37-28)23-42-31-11-6-8-27(35(31)26(4)38-42)19-33(43)32-21-36-34-20-30(12-13-41(32)34)44-17-16-40-15-14-39(5)25(3)22-40/h6-13,20-21,24-25H,14-19,22-23H2,1-5H3/t25-/m0/s1. The van der Waals surface area contributed by atoms with Crippen LogP contribution in [0.15, 0.2) is 60.9 Å². The van der Waals surface area contributed by atoms with E-state index in [1.165, 1.54) is 0 Å². The quantitative estimate of drug-likeness (QED) is 0.198. The molecule has 1 aliphatic heterocycles. The summed E-state index contributed by atoms with van der Waals surface area (Å²) in [5, 5.41) is 5.88. The smallest absolute Gasteiger partial charge is 0.185 e. The first-order chi connectivity index (χ1) is 21.2. The molecule has 0 spiro atoms. The van der Waals surface area contributed by atoms with Crippen molar-refractivity contribution in [3.63, 3.8) is 0 Å².